The molecule has 6 heteroatoms. The van der Waals surface area contributed by atoms with Crippen molar-refractivity contribution in [3.8, 4) is 0 Å². The smallest absolute Gasteiger partial charge is 0.255 e. The molecule has 2 aliphatic heterocycles. The minimum absolute atomic E-state index is 0.0246. The van der Waals surface area contributed by atoms with Crippen molar-refractivity contribution in [3.63, 3.8) is 0 Å². The van der Waals surface area contributed by atoms with E-state index in [1.165, 1.54) is 6.42 Å². The predicted octanol–water partition coefficient (Wildman–Crippen LogP) is 2.90. The quantitative estimate of drug-likeness (QED) is 0.882. The van der Waals surface area contributed by atoms with Crippen LogP contribution >= 0.6 is 11.6 Å². The predicted molar refractivity (Wildman–Crippen MR) is 95.4 cm³/mol. The molecule has 1 aromatic carbocycles. The minimum atomic E-state index is -0.0596. The van der Waals surface area contributed by atoms with Gasteiger partial charge in [-0.25, -0.2) is 0 Å². The van der Waals surface area contributed by atoms with E-state index >= 15 is 0 Å². The van der Waals surface area contributed by atoms with E-state index in [0.717, 1.165) is 45.3 Å². The second-order valence-electron chi connectivity index (χ2n) is 6.58. The zero-order chi connectivity index (χ0) is 16.9. The molecule has 2 heterocycles. The molecule has 5 nitrogen and oxygen atoms in total. The molecule has 0 spiro atoms. The number of halogens is 1. The third-order valence-corrected chi connectivity index (χ3v) is 5.02. The summed E-state index contributed by atoms with van der Waals surface area (Å²) < 4.78 is 0. The van der Waals surface area contributed by atoms with Crippen molar-refractivity contribution in [3.05, 3.63) is 28.8 Å². The fourth-order valence-corrected chi connectivity index (χ4v) is 3.56. The lowest BCUT2D eigenvalue weighted by atomic mass is 9.98. The van der Waals surface area contributed by atoms with E-state index in [2.05, 4.69) is 10.6 Å². The number of anilines is 1. The lowest BCUT2D eigenvalue weighted by Crippen LogP contribution is -2.38. The number of nitrogens with one attached hydrogen (secondary N) is 2. The van der Waals surface area contributed by atoms with Crippen molar-refractivity contribution in [1.82, 2.24) is 10.2 Å². The molecule has 2 amide bonds. The van der Waals surface area contributed by atoms with E-state index in [0.29, 0.717) is 22.8 Å². The molecule has 1 unspecified atom stereocenters. The number of amides is 2. The van der Waals surface area contributed by atoms with Crippen LogP contribution in [0, 0.1) is 5.92 Å². The molecule has 0 bridgehead atoms. The normalized spacial score (nSPS) is 21.4. The van der Waals surface area contributed by atoms with Crippen molar-refractivity contribution in [2.45, 2.75) is 32.1 Å². The van der Waals surface area contributed by atoms with Gasteiger partial charge in [-0.2, -0.15) is 0 Å². The third-order valence-electron chi connectivity index (χ3n) is 4.78. The highest BCUT2D eigenvalue weighted by Gasteiger charge is 2.25. The second-order valence-corrected chi connectivity index (χ2v) is 7.01. The van der Waals surface area contributed by atoms with Crippen LogP contribution in [0.1, 0.15) is 42.5 Å². The first-order valence-corrected chi connectivity index (χ1v) is 9.13. The number of benzene rings is 1. The highest BCUT2D eigenvalue weighted by atomic mass is 35.5. The van der Waals surface area contributed by atoms with Gasteiger partial charge in [0.1, 0.15) is 0 Å². The van der Waals surface area contributed by atoms with Gasteiger partial charge in [0.2, 0.25) is 5.91 Å². The zero-order valence-corrected chi connectivity index (χ0v) is 14.6. The summed E-state index contributed by atoms with van der Waals surface area (Å²) in [6.07, 6.45) is 5.11. The second kappa shape index (κ2) is 7.99. The summed E-state index contributed by atoms with van der Waals surface area (Å²) in [6, 6.07) is 5.09. The first-order valence-electron chi connectivity index (χ1n) is 8.75. The van der Waals surface area contributed by atoms with Crippen molar-refractivity contribution in [2.75, 3.05) is 31.5 Å². The number of carbonyl (C=O) groups is 2. The molecule has 1 atom stereocenters. The average molecular weight is 350 g/mol. The van der Waals surface area contributed by atoms with Crippen LogP contribution in [0.15, 0.2) is 18.2 Å². The number of hydrogen-bond donors (Lipinski definition) is 2. The monoisotopic (exact) mass is 349 g/mol. The van der Waals surface area contributed by atoms with Gasteiger partial charge in [-0.15, -0.1) is 0 Å². The van der Waals surface area contributed by atoms with Crippen molar-refractivity contribution in [2.24, 2.45) is 5.92 Å². The lowest BCUT2D eigenvalue weighted by Gasteiger charge is -2.28. The van der Waals surface area contributed by atoms with Crippen LogP contribution in [-0.2, 0) is 4.79 Å². The highest BCUT2D eigenvalue weighted by Crippen LogP contribution is 2.25. The molecule has 2 fully saturated rings. The molecule has 24 heavy (non-hydrogen) atoms. The van der Waals surface area contributed by atoms with Gasteiger partial charge in [0.25, 0.3) is 5.91 Å². The Hall–Kier alpha value is -1.59. The van der Waals surface area contributed by atoms with E-state index < -0.39 is 0 Å². The van der Waals surface area contributed by atoms with Gasteiger partial charge in [-0.05, 0) is 56.8 Å². The van der Waals surface area contributed by atoms with E-state index in [9.17, 15) is 9.59 Å². The van der Waals surface area contributed by atoms with Crippen LogP contribution in [-0.4, -0.2) is 42.9 Å². The fraction of sp³-hybridized carbons (Fsp3) is 0.556. The van der Waals surface area contributed by atoms with Crippen molar-refractivity contribution < 1.29 is 9.59 Å². The molecule has 130 valence electrons. The summed E-state index contributed by atoms with van der Waals surface area (Å²) in [5.74, 6) is -0.128. The third kappa shape index (κ3) is 4.08. The van der Waals surface area contributed by atoms with Gasteiger partial charge in [-0.1, -0.05) is 11.6 Å². The summed E-state index contributed by atoms with van der Waals surface area (Å²) in [4.78, 5) is 27.2. The molecule has 0 radical (unpaired) electrons. The van der Waals surface area contributed by atoms with Gasteiger partial charge in [0.15, 0.2) is 0 Å². The van der Waals surface area contributed by atoms with Gasteiger partial charge in [0, 0.05) is 24.7 Å². The number of nitrogens with zero attached hydrogens (tertiary/aromatic N) is 1. The molecule has 0 aliphatic carbocycles. The number of hydrogen-bond acceptors (Lipinski definition) is 3. The van der Waals surface area contributed by atoms with Crippen molar-refractivity contribution >= 4 is 29.1 Å². The van der Waals surface area contributed by atoms with E-state index in [1.54, 1.807) is 18.2 Å². The largest absolute Gasteiger partial charge is 0.339 e. The molecular weight excluding hydrogens is 326 g/mol. The number of piperidine rings is 2. The molecule has 3 rings (SSSR count). The number of likely N-dealkylation sites (tertiary alicyclic amines) is 1. The average Bonchev–Trinajstić information content (AvgIpc) is 2.63. The SMILES string of the molecule is O=C(Nc1cc(Cl)ccc1C(=O)N1CCCCC1)C1CCCNC1. The summed E-state index contributed by atoms with van der Waals surface area (Å²) in [5, 5.41) is 6.69. The van der Waals surface area contributed by atoms with Crippen LogP contribution in [0.2, 0.25) is 5.02 Å². The zero-order valence-electron chi connectivity index (χ0n) is 13.8. The maximum Gasteiger partial charge on any atom is 0.255 e. The summed E-state index contributed by atoms with van der Waals surface area (Å²) >= 11 is 6.09. The Morgan fingerprint density at radius 3 is 2.67 bits per heavy atom. The van der Waals surface area contributed by atoms with Crippen LogP contribution in [0.5, 0.6) is 0 Å². The summed E-state index contributed by atoms with van der Waals surface area (Å²) in [5.41, 5.74) is 1.05. The van der Waals surface area contributed by atoms with Crippen LogP contribution in [0.3, 0.4) is 0 Å². The lowest BCUT2D eigenvalue weighted by molar-refractivity contribution is -0.120. The molecule has 1 aromatic rings. The Bertz CT molecular complexity index is 608. The maximum absolute atomic E-state index is 12.8. The first-order chi connectivity index (χ1) is 11.6. The summed E-state index contributed by atoms with van der Waals surface area (Å²) in [6.45, 7) is 3.20. The van der Waals surface area contributed by atoms with Crippen LogP contribution < -0.4 is 10.6 Å². The van der Waals surface area contributed by atoms with Crippen LogP contribution in [0.4, 0.5) is 5.69 Å². The highest BCUT2D eigenvalue weighted by molar-refractivity contribution is 6.31. The molecular formula is C18H24ClN3O2. The van der Waals surface area contributed by atoms with Gasteiger partial charge in [-0.3, -0.25) is 9.59 Å². The summed E-state index contributed by atoms with van der Waals surface area (Å²) in [7, 11) is 0. The molecule has 0 saturated carbocycles. The number of carbonyl (C=O) groups excluding carboxylic acids is 2. The Balaban J connectivity index is 1.77. The number of rotatable bonds is 3. The first kappa shape index (κ1) is 17.2. The Morgan fingerprint density at radius 1 is 1.17 bits per heavy atom. The maximum atomic E-state index is 12.8. The van der Waals surface area contributed by atoms with Gasteiger partial charge in [0.05, 0.1) is 17.2 Å². The van der Waals surface area contributed by atoms with Crippen LogP contribution in [0.25, 0.3) is 0 Å². The minimum Gasteiger partial charge on any atom is -0.339 e. The van der Waals surface area contributed by atoms with E-state index in [-0.39, 0.29) is 17.7 Å². The molecule has 2 N–H and O–H groups in total. The molecule has 2 saturated heterocycles. The Kier molecular flexibility index (Phi) is 5.74. The van der Waals surface area contributed by atoms with Crippen molar-refractivity contribution in [1.29, 1.82) is 0 Å². The Labute approximate surface area is 147 Å². The fourth-order valence-electron chi connectivity index (χ4n) is 3.38. The van der Waals surface area contributed by atoms with E-state index in [4.69, 9.17) is 11.6 Å². The molecule has 2 aliphatic rings. The van der Waals surface area contributed by atoms with Gasteiger partial charge >= 0.3 is 0 Å². The standard InChI is InChI=1S/C18H24ClN3O2/c19-14-6-7-15(18(24)22-9-2-1-3-10-22)16(11-14)21-17(23)13-5-4-8-20-12-13/h6-7,11,13,20H,1-5,8-10,12H2,(H,21,23). The van der Waals surface area contributed by atoms with Gasteiger partial charge < -0.3 is 15.5 Å². The topological polar surface area (TPSA) is 61.4 Å². The van der Waals surface area contributed by atoms with E-state index in [1.807, 2.05) is 4.90 Å². The Morgan fingerprint density at radius 2 is 1.96 bits per heavy atom. The molecule has 0 aromatic heterocycles.